The Balaban J connectivity index is 0.00000200. The Kier molecular flexibility index (Phi) is 6.80. The zero-order chi connectivity index (χ0) is 13.8. The first kappa shape index (κ1) is 17.3. The average Bonchev–Trinajstić information content (AvgIpc) is 2.41. The summed E-state index contributed by atoms with van der Waals surface area (Å²) in [4.78, 5) is 14.2. The number of amides is 1. The van der Waals surface area contributed by atoms with E-state index >= 15 is 0 Å². The molecule has 3 nitrogen and oxygen atoms in total. The highest BCUT2D eigenvalue weighted by molar-refractivity contribution is 6.31. The molecule has 2 rings (SSSR count). The first-order chi connectivity index (χ1) is 9.08. The molecule has 1 saturated heterocycles. The number of hydrogen-bond donors (Lipinski definition) is 1. The van der Waals surface area contributed by atoms with Gasteiger partial charge in [0, 0.05) is 24.2 Å². The lowest BCUT2D eigenvalue weighted by Gasteiger charge is -2.34. The first-order valence-corrected chi connectivity index (χ1v) is 7.22. The van der Waals surface area contributed by atoms with Gasteiger partial charge >= 0.3 is 0 Å². The summed E-state index contributed by atoms with van der Waals surface area (Å²) in [6, 6.07) is 7.67. The molecule has 1 aliphatic heterocycles. The molecule has 1 aliphatic rings. The number of rotatable bonds is 3. The molecule has 2 unspecified atom stereocenters. The van der Waals surface area contributed by atoms with E-state index in [-0.39, 0.29) is 24.4 Å². The highest BCUT2D eigenvalue weighted by Gasteiger charge is 2.25. The molecule has 0 spiro atoms. The smallest absolute Gasteiger partial charge is 0.227 e. The van der Waals surface area contributed by atoms with Gasteiger partial charge in [-0.3, -0.25) is 4.79 Å². The van der Waals surface area contributed by atoms with Gasteiger partial charge in [0.15, 0.2) is 0 Å². The van der Waals surface area contributed by atoms with E-state index < -0.39 is 0 Å². The first-order valence-electron chi connectivity index (χ1n) is 6.84. The maximum absolute atomic E-state index is 12.3. The topological polar surface area (TPSA) is 46.3 Å². The average molecular weight is 317 g/mol. The standard InChI is InChI=1S/C15H21ClN2O.ClH/c1-11(17)13-6-4-8-18(10-13)15(19)9-12-5-2-3-7-14(12)16;/h2-3,5,7,11,13H,4,6,8-10,17H2,1H3;1H. The molecule has 1 aromatic rings. The quantitative estimate of drug-likeness (QED) is 0.932. The fourth-order valence-electron chi connectivity index (χ4n) is 2.58. The van der Waals surface area contributed by atoms with Gasteiger partial charge in [-0.2, -0.15) is 0 Å². The van der Waals surface area contributed by atoms with Crippen molar-refractivity contribution in [2.24, 2.45) is 11.7 Å². The summed E-state index contributed by atoms with van der Waals surface area (Å²) in [5.74, 6) is 0.572. The lowest BCUT2D eigenvalue weighted by Crippen LogP contribution is -2.45. The van der Waals surface area contributed by atoms with Gasteiger partial charge in [-0.05, 0) is 37.3 Å². The van der Waals surface area contributed by atoms with Gasteiger partial charge < -0.3 is 10.6 Å². The SMILES string of the molecule is CC(N)C1CCCN(C(=O)Cc2ccccc2Cl)C1.Cl. The highest BCUT2D eigenvalue weighted by Crippen LogP contribution is 2.21. The van der Waals surface area contributed by atoms with E-state index in [1.165, 1.54) is 0 Å². The van der Waals surface area contributed by atoms with E-state index in [4.69, 9.17) is 17.3 Å². The number of halogens is 2. The van der Waals surface area contributed by atoms with Crippen molar-refractivity contribution in [3.8, 4) is 0 Å². The third-order valence-corrected chi connectivity index (χ3v) is 4.22. The Hall–Kier alpha value is -0.770. The minimum absolute atomic E-state index is 0. The van der Waals surface area contributed by atoms with Gasteiger partial charge in [-0.1, -0.05) is 29.8 Å². The number of likely N-dealkylation sites (tertiary alicyclic amines) is 1. The van der Waals surface area contributed by atoms with Gasteiger partial charge in [0.2, 0.25) is 5.91 Å². The van der Waals surface area contributed by atoms with Crippen molar-refractivity contribution in [3.05, 3.63) is 34.9 Å². The van der Waals surface area contributed by atoms with Crippen molar-refractivity contribution in [3.63, 3.8) is 0 Å². The number of benzene rings is 1. The van der Waals surface area contributed by atoms with Crippen LogP contribution in [0.2, 0.25) is 5.02 Å². The van der Waals surface area contributed by atoms with E-state index in [0.717, 1.165) is 31.5 Å². The summed E-state index contributed by atoms with van der Waals surface area (Å²) in [6.45, 7) is 3.64. The van der Waals surface area contributed by atoms with Crippen LogP contribution in [0.15, 0.2) is 24.3 Å². The zero-order valence-corrected chi connectivity index (χ0v) is 13.3. The minimum Gasteiger partial charge on any atom is -0.342 e. The predicted molar refractivity (Wildman–Crippen MR) is 85.4 cm³/mol. The second-order valence-electron chi connectivity index (χ2n) is 5.37. The molecule has 1 aromatic carbocycles. The molecule has 0 aliphatic carbocycles. The van der Waals surface area contributed by atoms with E-state index in [0.29, 0.717) is 17.4 Å². The molecule has 0 radical (unpaired) electrons. The van der Waals surface area contributed by atoms with E-state index in [2.05, 4.69) is 0 Å². The van der Waals surface area contributed by atoms with Crippen molar-refractivity contribution in [2.75, 3.05) is 13.1 Å². The number of nitrogens with zero attached hydrogens (tertiary/aromatic N) is 1. The maximum atomic E-state index is 12.3. The Morgan fingerprint density at radius 2 is 2.20 bits per heavy atom. The second kappa shape index (κ2) is 7.87. The van der Waals surface area contributed by atoms with Gasteiger partial charge in [0.05, 0.1) is 6.42 Å². The van der Waals surface area contributed by atoms with Gasteiger partial charge in [-0.15, -0.1) is 12.4 Å². The largest absolute Gasteiger partial charge is 0.342 e. The summed E-state index contributed by atoms with van der Waals surface area (Å²) >= 11 is 6.10. The number of piperidine rings is 1. The Labute approximate surface area is 131 Å². The maximum Gasteiger partial charge on any atom is 0.227 e. The van der Waals surface area contributed by atoms with Crippen LogP contribution in [0.3, 0.4) is 0 Å². The van der Waals surface area contributed by atoms with Crippen LogP contribution in [0.4, 0.5) is 0 Å². The molecule has 1 amide bonds. The minimum atomic E-state index is 0. The van der Waals surface area contributed by atoms with Gasteiger partial charge in [-0.25, -0.2) is 0 Å². The number of nitrogens with two attached hydrogens (primary N) is 1. The normalized spacial score (nSPS) is 20.1. The van der Waals surface area contributed by atoms with Crippen molar-refractivity contribution < 1.29 is 4.79 Å². The number of hydrogen-bond acceptors (Lipinski definition) is 2. The predicted octanol–water partition coefficient (Wildman–Crippen LogP) is 2.89. The van der Waals surface area contributed by atoms with Crippen LogP contribution in [0.5, 0.6) is 0 Å². The fourth-order valence-corrected chi connectivity index (χ4v) is 2.78. The molecular weight excluding hydrogens is 295 g/mol. The van der Waals surface area contributed by atoms with E-state index in [1.54, 1.807) is 0 Å². The molecule has 5 heteroatoms. The summed E-state index contributed by atoms with van der Waals surface area (Å²) in [5, 5.41) is 0.664. The van der Waals surface area contributed by atoms with Crippen molar-refractivity contribution in [1.29, 1.82) is 0 Å². The van der Waals surface area contributed by atoms with Crippen LogP contribution in [-0.2, 0) is 11.2 Å². The van der Waals surface area contributed by atoms with Crippen LogP contribution >= 0.6 is 24.0 Å². The van der Waals surface area contributed by atoms with E-state index in [1.807, 2.05) is 36.1 Å². The third-order valence-electron chi connectivity index (χ3n) is 3.85. The number of carbonyl (C=O) groups excluding carboxylic acids is 1. The molecular formula is C15H22Cl2N2O. The van der Waals surface area contributed by atoms with Crippen LogP contribution in [0.25, 0.3) is 0 Å². The van der Waals surface area contributed by atoms with Gasteiger partial charge in [0.1, 0.15) is 0 Å². The zero-order valence-electron chi connectivity index (χ0n) is 11.7. The molecule has 2 N–H and O–H groups in total. The third kappa shape index (κ3) is 4.37. The van der Waals surface area contributed by atoms with Crippen LogP contribution in [0.1, 0.15) is 25.3 Å². The molecule has 1 fully saturated rings. The van der Waals surface area contributed by atoms with Crippen molar-refractivity contribution in [1.82, 2.24) is 4.90 Å². The van der Waals surface area contributed by atoms with Crippen LogP contribution < -0.4 is 5.73 Å². The molecule has 2 atom stereocenters. The summed E-state index contributed by atoms with van der Waals surface area (Å²) in [5.41, 5.74) is 6.85. The molecule has 20 heavy (non-hydrogen) atoms. The molecule has 1 heterocycles. The fraction of sp³-hybridized carbons (Fsp3) is 0.533. The molecule has 0 bridgehead atoms. The van der Waals surface area contributed by atoms with Crippen molar-refractivity contribution >= 4 is 29.9 Å². The molecule has 112 valence electrons. The van der Waals surface area contributed by atoms with Crippen molar-refractivity contribution in [2.45, 2.75) is 32.2 Å². The molecule has 0 aromatic heterocycles. The Bertz CT molecular complexity index is 451. The Morgan fingerprint density at radius 1 is 1.50 bits per heavy atom. The lowest BCUT2D eigenvalue weighted by molar-refractivity contribution is -0.132. The lowest BCUT2D eigenvalue weighted by atomic mass is 9.92. The second-order valence-corrected chi connectivity index (χ2v) is 5.78. The molecule has 0 saturated carbocycles. The Morgan fingerprint density at radius 3 is 2.85 bits per heavy atom. The van der Waals surface area contributed by atoms with E-state index in [9.17, 15) is 4.79 Å². The monoisotopic (exact) mass is 316 g/mol. The summed E-state index contributed by atoms with van der Waals surface area (Å²) < 4.78 is 0. The highest BCUT2D eigenvalue weighted by atomic mass is 35.5. The van der Waals surface area contributed by atoms with Gasteiger partial charge in [0.25, 0.3) is 0 Å². The number of carbonyl (C=O) groups is 1. The van der Waals surface area contributed by atoms with Crippen LogP contribution in [0, 0.1) is 5.92 Å². The summed E-state index contributed by atoms with van der Waals surface area (Å²) in [7, 11) is 0. The van der Waals surface area contributed by atoms with Crippen LogP contribution in [-0.4, -0.2) is 29.9 Å². The summed E-state index contributed by atoms with van der Waals surface area (Å²) in [6.07, 6.45) is 2.54.